The van der Waals surface area contributed by atoms with Crippen LogP contribution in [0.3, 0.4) is 0 Å². The van der Waals surface area contributed by atoms with Gasteiger partial charge in [0.1, 0.15) is 6.10 Å². The second kappa shape index (κ2) is 8.14. The molecule has 23 heavy (non-hydrogen) atoms. The minimum atomic E-state index is -0.162. The summed E-state index contributed by atoms with van der Waals surface area (Å²) in [5.41, 5.74) is 3.40. The van der Waals surface area contributed by atoms with Crippen molar-refractivity contribution in [2.45, 2.75) is 31.6 Å². The number of nitrogens with zero attached hydrogens (tertiary/aromatic N) is 2. The second-order valence-electron chi connectivity index (χ2n) is 5.36. The number of ether oxygens (including phenoxy) is 2. The summed E-state index contributed by atoms with van der Waals surface area (Å²) in [5.74, 6) is -0.0331. The standard InChI is InChI=1S/C16H19N3O3S/c20-16(7-13-10-23-11-18-13)19-14-4-6-21-9-15(14)22-8-12-3-1-2-5-17-12/h1-3,5,10-11,14-15H,4,6-9H2,(H,19,20)/t14-,15-/m1/s1. The van der Waals surface area contributed by atoms with Gasteiger partial charge in [-0.3, -0.25) is 9.78 Å². The summed E-state index contributed by atoms with van der Waals surface area (Å²) >= 11 is 1.49. The maximum atomic E-state index is 12.1. The molecule has 1 N–H and O–H groups in total. The summed E-state index contributed by atoms with van der Waals surface area (Å²) in [6.45, 7) is 1.52. The molecule has 3 rings (SSSR count). The molecule has 0 aliphatic carbocycles. The molecule has 2 atom stereocenters. The highest BCUT2D eigenvalue weighted by molar-refractivity contribution is 7.07. The van der Waals surface area contributed by atoms with Crippen molar-refractivity contribution in [2.24, 2.45) is 0 Å². The fourth-order valence-corrected chi connectivity index (χ4v) is 3.02. The quantitative estimate of drug-likeness (QED) is 0.869. The van der Waals surface area contributed by atoms with E-state index >= 15 is 0 Å². The van der Waals surface area contributed by atoms with E-state index in [2.05, 4.69) is 15.3 Å². The van der Waals surface area contributed by atoms with Crippen LogP contribution in [0.1, 0.15) is 17.8 Å². The molecule has 6 nitrogen and oxygen atoms in total. The average Bonchev–Trinajstić information content (AvgIpc) is 3.08. The lowest BCUT2D eigenvalue weighted by molar-refractivity contribution is -0.126. The Morgan fingerprint density at radius 1 is 1.39 bits per heavy atom. The molecule has 0 bridgehead atoms. The molecule has 3 heterocycles. The molecular weight excluding hydrogens is 314 g/mol. The largest absolute Gasteiger partial charge is 0.379 e. The van der Waals surface area contributed by atoms with Gasteiger partial charge in [-0.1, -0.05) is 6.07 Å². The normalized spacial score (nSPS) is 21.0. The topological polar surface area (TPSA) is 73.3 Å². The van der Waals surface area contributed by atoms with Crippen LogP contribution < -0.4 is 5.32 Å². The minimum absolute atomic E-state index is 0.0331. The van der Waals surface area contributed by atoms with Crippen LogP contribution in [0, 0.1) is 0 Å². The number of thiazole rings is 1. The third-order valence-electron chi connectivity index (χ3n) is 3.65. The zero-order valence-corrected chi connectivity index (χ0v) is 13.5. The van der Waals surface area contributed by atoms with Crippen LogP contribution in [0.25, 0.3) is 0 Å². The number of nitrogens with one attached hydrogen (secondary N) is 1. The van der Waals surface area contributed by atoms with E-state index in [1.165, 1.54) is 11.3 Å². The second-order valence-corrected chi connectivity index (χ2v) is 6.08. The van der Waals surface area contributed by atoms with Crippen molar-refractivity contribution in [1.29, 1.82) is 0 Å². The highest BCUT2D eigenvalue weighted by Gasteiger charge is 2.28. The third kappa shape index (κ3) is 4.82. The number of pyridine rings is 1. The van der Waals surface area contributed by atoms with Crippen molar-refractivity contribution in [3.8, 4) is 0 Å². The van der Waals surface area contributed by atoms with Gasteiger partial charge in [-0.25, -0.2) is 4.98 Å². The molecule has 1 aliphatic rings. The maximum absolute atomic E-state index is 12.1. The van der Waals surface area contributed by atoms with Gasteiger partial charge in [0, 0.05) is 18.2 Å². The van der Waals surface area contributed by atoms with E-state index < -0.39 is 0 Å². The molecule has 0 saturated carbocycles. The van der Waals surface area contributed by atoms with Crippen LogP contribution in [0.2, 0.25) is 0 Å². The minimum Gasteiger partial charge on any atom is -0.379 e. The summed E-state index contributed by atoms with van der Waals surface area (Å²) in [4.78, 5) is 20.5. The van der Waals surface area contributed by atoms with E-state index in [0.717, 1.165) is 17.8 Å². The number of carbonyl (C=O) groups is 1. The van der Waals surface area contributed by atoms with Gasteiger partial charge in [0.2, 0.25) is 5.91 Å². The molecule has 1 aliphatic heterocycles. The molecule has 2 aromatic rings. The van der Waals surface area contributed by atoms with Crippen LogP contribution in [0.5, 0.6) is 0 Å². The number of carbonyl (C=O) groups excluding carboxylic acids is 1. The number of rotatable bonds is 6. The van der Waals surface area contributed by atoms with E-state index in [1.807, 2.05) is 23.6 Å². The van der Waals surface area contributed by atoms with Gasteiger partial charge in [-0.15, -0.1) is 11.3 Å². The van der Waals surface area contributed by atoms with Crippen molar-refractivity contribution < 1.29 is 14.3 Å². The molecule has 7 heteroatoms. The van der Waals surface area contributed by atoms with Crippen molar-refractivity contribution in [3.05, 3.63) is 46.7 Å². The van der Waals surface area contributed by atoms with Crippen molar-refractivity contribution in [1.82, 2.24) is 15.3 Å². The molecule has 0 aromatic carbocycles. The van der Waals surface area contributed by atoms with Crippen molar-refractivity contribution in [2.75, 3.05) is 13.2 Å². The lowest BCUT2D eigenvalue weighted by Crippen LogP contribution is -2.50. The van der Waals surface area contributed by atoms with E-state index in [0.29, 0.717) is 26.2 Å². The lowest BCUT2D eigenvalue weighted by atomic mass is 10.1. The van der Waals surface area contributed by atoms with Crippen LogP contribution in [0.4, 0.5) is 0 Å². The predicted octanol–water partition coefficient (Wildman–Crippen LogP) is 1.57. The molecule has 122 valence electrons. The van der Waals surface area contributed by atoms with Gasteiger partial charge in [-0.05, 0) is 18.6 Å². The molecule has 1 saturated heterocycles. The molecular formula is C16H19N3O3S. The Hall–Kier alpha value is -1.83. The first-order valence-electron chi connectivity index (χ1n) is 7.57. The van der Waals surface area contributed by atoms with E-state index in [4.69, 9.17) is 9.47 Å². The smallest absolute Gasteiger partial charge is 0.226 e. The summed E-state index contributed by atoms with van der Waals surface area (Å²) < 4.78 is 11.4. The number of aromatic nitrogens is 2. The van der Waals surface area contributed by atoms with Gasteiger partial charge in [0.25, 0.3) is 0 Å². The first kappa shape index (κ1) is 16.0. The first-order valence-corrected chi connectivity index (χ1v) is 8.51. The zero-order valence-electron chi connectivity index (χ0n) is 12.7. The Kier molecular flexibility index (Phi) is 5.68. The Morgan fingerprint density at radius 2 is 2.35 bits per heavy atom. The Bertz CT molecular complexity index is 606. The summed E-state index contributed by atoms with van der Waals surface area (Å²) in [6, 6.07) is 5.67. The fourth-order valence-electron chi connectivity index (χ4n) is 2.46. The highest BCUT2D eigenvalue weighted by Crippen LogP contribution is 2.14. The number of hydrogen-bond acceptors (Lipinski definition) is 6. The van der Waals surface area contributed by atoms with Crippen molar-refractivity contribution in [3.63, 3.8) is 0 Å². The predicted molar refractivity (Wildman–Crippen MR) is 86.0 cm³/mol. The highest BCUT2D eigenvalue weighted by atomic mass is 32.1. The van der Waals surface area contributed by atoms with Gasteiger partial charge in [-0.2, -0.15) is 0 Å². The molecule has 1 fully saturated rings. The lowest BCUT2D eigenvalue weighted by Gasteiger charge is -2.32. The monoisotopic (exact) mass is 333 g/mol. The molecule has 0 unspecified atom stereocenters. The van der Waals surface area contributed by atoms with E-state index in [1.54, 1.807) is 11.7 Å². The van der Waals surface area contributed by atoms with Gasteiger partial charge >= 0.3 is 0 Å². The summed E-state index contributed by atoms with van der Waals surface area (Å²) in [5, 5.41) is 4.93. The fraction of sp³-hybridized carbons (Fsp3) is 0.438. The maximum Gasteiger partial charge on any atom is 0.226 e. The first-order chi connectivity index (χ1) is 11.3. The van der Waals surface area contributed by atoms with Gasteiger partial charge in [0.15, 0.2) is 0 Å². The SMILES string of the molecule is O=C(Cc1cscn1)N[C@@H]1CCOC[C@H]1OCc1ccccn1. The third-order valence-corrected chi connectivity index (χ3v) is 4.28. The van der Waals surface area contributed by atoms with Gasteiger partial charge in [0.05, 0.1) is 42.6 Å². The average molecular weight is 333 g/mol. The van der Waals surface area contributed by atoms with Crippen LogP contribution in [0.15, 0.2) is 35.3 Å². The zero-order chi connectivity index (χ0) is 15.9. The number of amides is 1. The molecule has 2 aromatic heterocycles. The van der Waals surface area contributed by atoms with Crippen LogP contribution in [-0.2, 0) is 27.3 Å². The molecule has 0 spiro atoms. The summed E-state index contributed by atoms with van der Waals surface area (Å²) in [7, 11) is 0. The Balaban J connectivity index is 1.52. The van der Waals surface area contributed by atoms with E-state index in [-0.39, 0.29) is 18.1 Å². The molecule has 1 amide bonds. The Morgan fingerprint density at radius 3 is 3.13 bits per heavy atom. The van der Waals surface area contributed by atoms with Crippen LogP contribution >= 0.6 is 11.3 Å². The Labute approximate surface area is 138 Å². The van der Waals surface area contributed by atoms with Crippen molar-refractivity contribution >= 4 is 17.2 Å². The number of hydrogen-bond donors (Lipinski definition) is 1. The summed E-state index contributed by atoms with van der Waals surface area (Å²) in [6.07, 6.45) is 2.62. The van der Waals surface area contributed by atoms with E-state index in [9.17, 15) is 4.79 Å². The van der Waals surface area contributed by atoms with Gasteiger partial charge < -0.3 is 14.8 Å². The van der Waals surface area contributed by atoms with Crippen LogP contribution in [-0.4, -0.2) is 41.2 Å². The molecule has 0 radical (unpaired) electrons.